The van der Waals surface area contributed by atoms with Gasteiger partial charge in [-0.1, -0.05) is 24.6 Å². The van der Waals surface area contributed by atoms with E-state index in [0.29, 0.717) is 22.1 Å². The van der Waals surface area contributed by atoms with E-state index in [1.807, 2.05) is 13.8 Å². The molecule has 1 aromatic carbocycles. The molecule has 0 radical (unpaired) electrons. The Kier molecular flexibility index (Phi) is 6.50. The monoisotopic (exact) mass is 289 g/mol. The van der Waals surface area contributed by atoms with Crippen LogP contribution in [-0.2, 0) is 10.5 Å². The molecule has 0 bridgehead atoms. The standard InChI is InChI=1S/C13H17ClFNOS/c1-3-9(2)16-13(17)8-18-7-10-11(14)5-4-6-12(10)15/h4-6,9H,3,7-8H2,1-2H3,(H,16,17)/t9-/m1/s1. The van der Waals surface area contributed by atoms with Crippen LogP contribution in [0.15, 0.2) is 18.2 Å². The number of rotatable bonds is 6. The summed E-state index contributed by atoms with van der Waals surface area (Å²) in [5.41, 5.74) is 0.459. The first-order valence-electron chi connectivity index (χ1n) is 5.84. The van der Waals surface area contributed by atoms with Crippen molar-refractivity contribution in [1.82, 2.24) is 5.32 Å². The number of hydrogen-bond donors (Lipinski definition) is 1. The fraction of sp³-hybridized carbons (Fsp3) is 0.462. The van der Waals surface area contributed by atoms with Gasteiger partial charge in [-0.15, -0.1) is 11.8 Å². The average molecular weight is 290 g/mol. The van der Waals surface area contributed by atoms with Crippen molar-refractivity contribution in [1.29, 1.82) is 0 Å². The van der Waals surface area contributed by atoms with Gasteiger partial charge in [0, 0.05) is 22.4 Å². The van der Waals surface area contributed by atoms with Crippen LogP contribution in [0.3, 0.4) is 0 Å². The molecule has 0 unspecified atom stereocenters. The zero-order valence-electron chi connectivity index (χ0n) is 10.5. The van der Waals surface area contributed by atoms with Crippen molar-refractivity contribution in [2.75, 3.05) is 5.75 Å². The van der Waals surface area contributed by atoms with Gasteiger partial charge >= 0.3 is 0 Å². The summed E-state index contributed by atoms with van der Waals surface area (Å²) in [7, 11) is 0. The van der Waals surface area contributed by atoms with Crippen LogP contribution >= 0.6 is 23.4 Å². The van der Waals surface area contributed by atoms with E-state index in [2.05, 4.69) is 5.32 Å². The second kappa shape index (κ2) is 7.64. The lowest BCUT2D eigenvalue weighted by Gasteiger charge is -2.11. The predicted molar refractivity (Wildman–Crippen MR) is 75.5 cm³/mol. The van der Waals surface area contributed by atoms with Gasteiger partial charge in [0.05, 0.1) is 5.75 Å². The Morgan fingerprint density at radius 1 is 1.56 bits per heavy atom. The van der Waals surface area contributed by atoms with Crippen LogP contribution in [0.25, 0.3) is 0 Å². The SMILES string of the molecule is CC[C@@H](C)NC(=O)CSCc1c(F)cccc1Cl. The van der Waals surface area contributed by atoms with Gasteiger partial charge in [-0.25, -0.2) is 4.39 Å². The summed E-state index contributed by atoms with van der Waals surface area (Å²) in [4.78, 5) is 11.5. The fourth-order valence-electron chi connectivity index (χ4n) is 1.33. The van der Waals surface area contributed by atoms with E-state index in [1.165, 1.54) is 17.8 Å². The molecule has 0 aromatic heterocycles. The second-order valence-electron chi connectivity index (χ2n) is 4.07. The van der Waals surface area contributed by atoms with Crippen molar-refractivity contribution in [2.45, 2.75) is 32.1 Å². The number of nitrogens with one attached hydrogen (secondary N) is 1. The molecule has 100 valence electrons. The zero-order chi connectivity index (χ0) is 13.5. The molecule has 18 heavy (non-hydrogen) atoms. The van der Waals surface area contributed by atoms with E-state index in [1.54, 1.807) is 12.1 Å². The first-order chi connectivity index (χ1) is 8.54. The molecule has 0 aliphatic heterocycles. The topological polar surface area (TPSA) is 29.1 Å². The molecular formula is C13H17ClFNOS. The highest BCUT2D eigenvalue weighted by atomic mass is 35.5. The van der Waals surface area contributed by atoms with Crippen LogP contribution in [-0.4, -0.2) is 17.7 Å². The molecular weight excluding hydrogens is 273 g/mol. The number of amides is 1. The van der Waals surface area contributed by atoms with Gasteiger partial charge in [0.2, 0.25) is 5.91 Å². The Morgan fingerprint density at radius 3 is 2.89 bits per heavy atom. The Hall–Kier alpha value is -0.740. The maximum atomic E-state index is 13.4. The minimum absolute atomic E-state index is 0.0261. The summed E-state index contributed by atoms with van der Waals surface area (Å²) < 4.78 is 13.4. The van der Waals surface area contributed by atoms with Crippen LogP contribution in [0.1, 0.15) is 25.8 Å². The van der Waals surface area contributed by atoms with Crippen LogP contribution < -0.4 is 5.32 Å². The molecule has 0 spiro atoms. The molecule has 2 nitrogen and oxygen atoms in total. The van der Waals surface area contributed by atoms with E-state index >= 15 is 0 Å². The van der Waals surface area contributed by atoms with Crippen molar-refractivity contribution < 1.29 is 9.18 Å². The molecule has 0 aliphatic rings. The highest BCUT2D eigenvalue weighted by molar-refractivity contribution is 7.99. The van der Waals surface area contributed by atoms with Crippen molar-refractivity contribution in [3.05, 3.63) is 34.6 Å². The van der Waals surface area contributed by atoms with Crippen molar-refractivity contribution in [3.8, 4) is 0 Å². The third-order valence-electron chi connectivity index (χ3n) is 2.56. The van der Waals surface area contributed by atoms with Crippen molar-refractivity contribution in [2.24, 2.45) is 0 Å². The molecule has 0 fully saturated rings. The number of halogens is 2. The number of hydrogen-bond acceptors (Lipinski definition) is 2. The number of carbonyl (C=O) groups excluding carboxylic acids is 1. The Morgan fingerprint density at radius 2 is 2.28 bits per heavy atom. The lowest BCUT2D eigenvalue weighted by atomic mass is 10.2. The molecule has 1 amide bonds. The first-order valence-corrected chi connectivity index (χ1v) is 7.37. The molecule has 0 heterocycles. The minimum Gasteiger partial charge on any atom is -0.353 e. The van der Waals surface area contributed by atoms with E-state index in [4.69, 9.17) is 11.6 Å². The summed E-state index contributed by atoms with van der Waals surface area (Å²) in [6.45, 7) is 3.97. The van der Waals surface area contributed by atoms with Crippen LogP contribution in [0, 0.1) is 5.82 Å². The highest BCUT2D eigenvalue weighted by Gasteiger charge is 2.09. The maximum absolute atomic E-state index is 13.4. The normalized spacial score (nSPS) is 12.2. The fourth-order valence-corrected chi connectivity index (χ4v) is 2.51. The highest BCUT2D eigenvalue weighted by Crippen LogP contribution is 2.23. The number of benzene rings is 1. The summed E-state index contributed by atoms with van der Waals surface area (Å²) in [5.74, 6) is 0.369. The molecule has 0 saturated heterocycles. The summed E-state index contributed by atoms with van der Waals surface area (Å²) in [5, 5.41) is 3.27. The second-order valence-corrected chi connectivity index (χ2v) is 5.46. The lowest BCUT2D eigenvalue weighted by molar-refractivity contribution is -0.119. The number of thioether (sulfide) groups is 1. The van der Waals surface area contributed by atoms with Crippen molar-refractivity contribution in [3.63, 3.8) is 0 Å². The van der Waals surface area contributed by atoms with Gasteiger partial charge in [-0.05, 0) is 25.5 Å². The van der Waals surface area contributed by atoms with E-state index < -0.39 is 0 Å². The smallest absolute Gasteiger partial charge is 0.230 e. The largest absolute Gasteiger partial charge is 0.353 e. The van der Waals surface area contributed by atoms with Gasteiger partial charge in [-0.3, -0.25) is 4.79 Å². The Balaban J connectivity index is 2.40. The van der Waals surface area contributed by atoms with Crippen LogP contribution in [0.5, 0.6) is 0 Å². The van der Waals surface area contributed by atoms with Gasteiger partial charge in [0.1, 0.15) is 5.82 Å². The molecule has 1 N–H and O–H groups in total. The van der Waals surface area contributed by atoms with Gasteiger partial charge < -0.3 is 5.32 Å². The van der Waals surface area contributed by atoms with E-state index in [9.17, 15) is 9.18 Å². The Bertz CT molecular complexity index is 394. The Labute approximate surface area is 116 Å². The molecule has 0 aliphatic carbocycles. The third kappa shape index (κ3) is 4.86. The van der Waals surface area contributed by atoms with E-state index in [0.717, 1.165) is 6.42 Å². The molecule has 1 rings (SSSR count). The molecule has 0 saturated carbocycles. The van der Waals surface area contributed by atoms with E-state index in [-0.39, 0.29) is 17.8 Å². The predicted octanol–water partition coefficient (Wildman–Crippen LogP) is 3.63. The molecule has 5 heteroatoms. The van der Waals surface area contributed by atoms with Crippen molar-refractivity contribution >= 4 is 29.3 Å². The summed E-state index contributed by atoms with van der Waals surface area (Å²) in [6, 6.07) is 4.78. The molecule has 1 aromatic rings. The quantitative estimate of drug-likeness (QED) is 0.866. The third-order valence-corrected chi connectivity index (χ3v) is 3.87. The average Bonchev–Trinajstić information content (AvgIpc) is 2.32. The van der Waals surface area contributed by atoms with Gasteiger partial charge in [0.25, 0.3) is 0 Å². The number of carbonyl (C=O) groups is 1. The summed E-state index contributed by atoms with van der Waals surface area (Å²) >= 11 is 7.26. The summed E-state index contributed by atoms with van der Waals surface area (Å²) in [6.07, 6.45) is 0.898. The van der Waals surface area contributed by atoms with Crippen LogP contribution in [0.2, 0.25) is 5.02 Å². The van der Waals surface area contributed by atoms with Crippen LogP contribution in [0.4, 0.5) is 4.39 Å². The maximum Gasteiger partial charge on any atom is 0.230 e. The lowest BCUT2D eigenvalue weighted by Crippen LogP contribution is -2.33. The first kappa shape index (κ1) is 15.3. The van der Waals surface area contributed by atoms with Gasteiger partial charge in [0.15, 0.2) is 0 Å². The zero-order valence-corrected chi connectivity index (χ0v) is 12.1. The van der Waals surface area contributed by atoms with Gasteiger partial charge in [-0.2, -0.15) is 0 Å². The molecule has 1 atom stereocenters. The minimum atomic E-state index is -0.322.